The minimum atomic E-state index is -1.05. The van der Waals surface area contributed by atoms with Crippen molar-refractivity contribution in [3.05, 3.63) is 120 Å². The average Bonchev–Trinajstić information content (AvgIpc) is 3.29. The number of aromatic nitrogens is 3. The Morgan fingerprint density at radius 3 is 1.88 bits per heavy atom. The summed E-state index contributed by atoms with van der Waals surface area (Å²) in [6.45, 7) is 1.24. The summed E-state index contributed by atoms with van der Waals surface area (Å²) in [6.07, 6.45) is 3.11. The molecule has 0 radical (unpaired) electrons. The van der Waals surface area contributed by atoms with Crippen molar-refractivity contribution in [3.63, 3.8) is 0 Å². The molecule has 0 fully saturated rings. The zero-order valence-corrected chi connectivity index (χ0v) is 17.9. The number of fused-ring (bicyclic) bond motifs is 1. The zero-order valence-electron chi connectivity index (χ0n) is 17.9. The van der Waals surface area contributed by atoms with Crippen molar-refractivity contribution in [2.45, 2.75) is 13.1 Å². The van der Waals surface area contributed by atoms with Gasteiger partial charge in [0.15, 0.2) is 5.65 Å². The Kier molecular flexibility index (Phi) is 5.55. The Labute approximate surface area is 191 Å². The highest BCUT2D eigenvalue weighted by atomic mass is 16.4. The first kappa shape index (κ1) is 20.5. The summed E-state index contributed by atoms with van der Waals surface area (Å²) in [5.41, 5.74) is 4.56. The Hall–Kier alpha value is -4.45. The van der Waals surface area contributed by atoms with E-state index in [4.69, 9.17) is 0 Å². The molecule has 0 aliphatic carbocycles. The average molecular weight is 434 g/mol. The number of hydrogen-bond donors (Lipinski definition) is 1. The number of anilines is 1. The van der Waals surface area contributed by atoms with Crippen LogP contribution in [0, 0.1) is 0 Å². The van der Waals surface area contributed by atoms with E-state index in [1.807, 2.05) is 66.7 Å². The number of aromatic carboxylic acids is 1. The highest BCUT2D eigenvalue weighted by molar-refractivity contribution is 5.95. The fourth-order valence-electron chi connectivity index (χ4n) is 4.01. The summed E-state index contributed by atoms with van der Waals surface area (Å²) in [5.74, 6) is -0.250. The first-order valence-electron chi connectivity index (χ1n) is 10.7. The van der Waals surface area contributed by atoms with Crippen molar-refractivity contribution in [1.29, 1.82) is 0 Å². The molecular formula is C27H22N4O2. The van der Waals surface area contributed by atoms with Crippen molar-refractivity contribution in [2.75, 3.05) is 4.90 Å². The van der Waals surface area contributed by atoms with Gasteiger partial charge in [-0.1, -0.05) is 91.0 Å². The van der Waals surface area contributed by atoms with Gasteiger partial charge >= 0.3 is 5.97 Å². The first-order valence-corrected chi connectivity index (χ1v) is 10.7. The normalized spacial score (nSPS) is 10.9. The van der Waals surface area contributed by atoms with Crippen LogP contribution in [0.1, 0.15) is 21.5 Å². The van der Waals surface area contributed by atoms with Gasteiger partial charge in [0.2, 0.25) is 0 Å². The second kappa shape index (κ2) is 8.96. The molecule has 0 unspecified atom stereocenters. The molecule has 2 aromatic heterocycles. The first-order chi connectivity index (χ1) is 16.2. The fraction of sp³-hybridized carbons (Fsp3) is 0.0741. The van der Waals surface area contributed by atoms with E-state index in [-0.39, 0.29) is 5.56 Å². The summed E-state index contributed by atoms with van der Waals surface area (Å²) in [5, 5.41) is 14.1. The van der Waals surface area contributed by atoms with Gasteiger partial charge in [0.1, 0.15) is 11.4 Å². The summed E-state index contributed by atoms with van der Waals surface area (Å²) < 4.78 is 1.65. The molecule has 0 aliphatic rings. The number of carbonyl (C=O) groups is 1. The van der Waals surface area contributed by atoms with Gasteiger partial charge in [-0.15, -0.1) is 0 Å². The van der Waals surface area contributed by atoms with Crippen LogP contribution in [0.2, 0.25) is 0 Å². The van der Waals surface area contributed by atoms with Crippen molar-refractivity contribution in [1.82, 2.24) is 14.6 Å². The van der Waals surface area contributed by atoms with Crippen molar-refractivity contribution >= 4 is 17.4 Å². The number of benzene rings is 3. The molecule has 0 saturated heterocycles. The van der Waals surface area contributed by atoms with Gasteiger partial charge in [-0.2, -0.15) is 9.61 Å². The van der Waals surface area contributed by atoms with E-state index < -0.39 is 5.97 Å². The zero-order chi connectivity index (χ0) is 22.6. The van der Waals surface area contributed by atoms with E-state index in [0.29, 0.717) is 18.7 Å². The molecule has 5 aromatic rings. The smallest absolute Gasteiger partial charge is 0.341 e. The van der Waals surface area contributed by atoms with E-state index in [1.165, 1.54) is 6.20 Å². The second-order valence-electron chi connectivity index (χ2n) is 7.79. The van der Waals surface area contributed by atoms with Gasteiger partial charge in [0.05, 0.1) is 6.20 Å². The predicted molar refractivity (Wildman–Crippen MR) is 128 cm³/mol. The van der Waals surface area contributed by atoms with Gasteiger partial charge in [-0.3, -0.25) is 0 Å². The molecular weight excluding hydrogens is 412 g/mol. The van der Waals surface area contributed by atoms with Gasteiger partial charge in [0, 0.05) is 24.8 Å². The van der Waals surface area contributed by atoms with Crippen LogP contribution in [-0.2, 0) is 13.1 Å². The van der Waals surface area contributed by atoms with E-state index >= 15 is 0 Å². The lowest BCUT2D eigenvalue weighted by Crippen LogP contribution is -2.25. The monoisotopic (exact) mass is 434 g/mol. The molecule has 0 amide bonds. The maximum atomic E-state index is 11.8. The third kappa shape index (κ3) is 4.19. The molecule has 0 saturated carbocycles. The number of carboxylic acid groups (broad SMARTS) is 1. The summed E-state index contributed by atoms with van der Waals surface area (Å²) in [7, 11) is 0. The SMILES string of the molecule is O=C(O)c1cnn2c(N(Cc3ccccc3)Cc3ccccc3)c(-c3ccccc3)cnc12. The van der Waals surface area contributed by atoms with Crippen LogP contribution in [0.5, 0.6) is 0 Å². The molecule has 5 rings (SSSR count). The highest BCUT2D eigenvalue weighted by Crippen LogP contribution is 2.33. The van der Waals surface area contributed by atoms with Crippen LogP contribution >= 0.6 is 0 Å². The number of carboxylic acids is 1. The second-order valence-corrected chi connectivity index (χ2v) is 7.79. The largest absolute Gasteiger partial charge is 0.477 e. The van der Waals surface area contributed by atoms with Crippen LogP contribution < -0.4 is 4.90 Å². The van der Waals surface area contributed by atoms with Crippen molar-refractivity contribution < 1.29 is 9.90 Å². The predicted octanol–water partition coefficient (Wildman–Crippen LogP) is 5.30. The Morgan fingerprint density at radius 2 is 1.33 bits per heavy atom. The lowest BCUT2D eigenvalue weighted by molar-refractivity contribution is 0.0698. The third-order valence-corrected chi connectivity index (χ3v) is 5.55. The van der Waals surface area contributed by atoms with E-state index in [9.17, 15) is 9.90 Å². The lowest BCUT2D eigenvalue weighted by Gasteiger charge is -2.28. The van der Waals surface area contributed by atoms with E-state index in [1.54, 1.807) is 10.7 Å². The summed E-state index contributed by atoms with van der Waals surface area (Å²) in [4.78, 5) is 18.5. The molecule has 0 spiro atoms. The molecule has 3 aromatic carbocycles. The fourth-order valence-corrected chi connectivity index (χ4v) is 4.01. The Bertz CT molecular complexity index is 1340. The van der Waals surface area contributed by atoms with E-state index in [2.05, 4.69) is 39.2 Å². The molecule has 6 heteroatoms. The van der Waals surface area contributed by atoms with E-state index in [0.717, 1.165) is 28.1 Å². The van der Waals surface area contributed by atoms with Gasteiger partial charge in [-0.25, -0.2) is 9.78 Å². The third-order valence-electron chi connectivity index (χ3n) is 5.55. The van der Waals surface area contributed by atoms with Gasteiger partial charge in [0.25, 0.3) is 0 Å². The van der Waals surface area contributed by atoms with Gasteiger partial charge < -0.3 is 10.0 Å². The maximum Gasteiger partial charge on any atom is 0.341 e. The summed E-state index contributed by atoms with van der Waals surface area (Å²) >= 11 is 0. The number of rotatable bonds is 7. The molecule has 2 heterocycles. The molecule has 0 bridgehead atoms. The standard InChI is InChI=1S/C27H22N4O2/c32-27(33)24-17-29-31-25(24)28-16-23(22-14-8-3-9-15-22)26(31)30(18-20-10-4-1-5-11-20)19-21-12-6-2-7-13-21/h1-17H,18-19H2,(H,32,33). The molecule has 0 aliphatic heterocycles. The van der Waals surface area contributed by atoms with Crippen molar-refractivity contribution in [3.8, 4) is 11.1 Å². The molecule has 162 valence electrons. The minimum Gasteiger partial charge on any atom is -0.477 e. The topological polar surface area (TPSA) is 70.7 Å². The summed E-state index contributed by atoms with van der Waals surface area (Å²) in [6, 6.07) is 30.4. The maximum absolute atomic E-state index is 11.8. The number of nitrogens with zero attached hydrogens (tertiary/aromatic N) is 4. The molecule has 0 atom stereocenters. The van der Waals surface area contributed by atoms with Crippen LogP contribution in [0.25, 0.3) is 16.8 Å². The lowest BCUT2D eigenvalue weighted by atomic mass is 10.1. The van der Waals surface area contributed by atoms with Crippen LogP contribution in [0.3, 0.4) is 0 Å². The van der Waals surface area contributed by atoms with Crippen LogP contribution in [-0.4, -0.2) is 25.7 Å². The molecule has 33 heavy (non-hydrogen) atoms. The molecule has 6 nitrogen and oxygen atoms in total. The van der Waals surface area contributed by atoms with Crippen LogP contribution in [0.4, 0.5) is 5.82 Å². The minimum absolute atomic E-state index is 0.0789. The highest BCUT2D eigenvalue weighted by Gasteiger charge is 2.22. The van der Waals surface area contributed by atoms with Gasteiger partial charge in [-0.05, 0) is 16.7 Å². The number of hydrogen-bond acceptors (Lipinski definition) is 4. The molecule has 1 N–H and O–H groups in total. The quantitative estimate of drug-likeness (QED) is 0.376. The van der Waals surface area contributed by atoms with Crippen molar-refractivity contribution in [2.24, 2.45) is 0 Å². The van der Waals surface area contributed by atoms with Crippen LogP contribution in [0.15, 0.2) is 103 Å². The Morgan fingerprint density at radius 1 is 0.788 bits per heavy atom. The Balaban J connectivity index is 1.73.